The first-order chi connectivity index (χ1) is 17.5. The van der Waals surface area contributed by atoms with Crippen LogP contribution in [0.4, 0.5) is 14.6 Å². The van der Waals surface area contributed by atoms with Gasteiger partial charge in [-0.15, -0.1) is 0 Å². The average molecular weight is 516 g/mol. The minimum Gasteiger partial charge on any atom is -0.481 e. The average Bonchev–Trinajstić information content (AvgIpc) is 3.50. The summed E-state index contributed by atoms with van der Waals surface area (Å²) in [6.07, 6.45) is 8.39. The molecule has 7 rings (SSSR count). The number of fused-ring (bicyclic) bond motifs is 5. The van der Waals surface area contributed by atoms with Crippen molar-refractivity contribution in [3.05, 3.63) is 29.8 Å². The van der Waals surface area contributed by atoms with E-state index in [1.165, 1.54) is 10.8 Å². The monoisotopic (exact) mass is 515 g/mol. The molecule has 9 nitrogen and oxygen atoms in total. The molecule has 0 amide bonds. The summed E-state index contributed by atoms with van der Waals surface area (Å²) < 4.78 is 28.8. The van der Waals surface area contributed by atoms with Crippen molar-refractivity contribution in [3.63, 3.8) is 0 Å². The lowest BCUT2D eigenvalue weighted by Crippen LogP contribution is -2.51. The summed E-state index contributed by atoms with van der Waals surface area (Å²) in [5.41, 5.74) is 1.82. The van der Waals surface area contributed by atoms with E-state index in [2.05, 4.69) is 25.3 Å². The molecule has 4 heterocycles. The molecule has 2 atom stereocenters. The molecule has 188 valence electrons. The molecule has 3 aliphatic rings. The first-order valence-electron chi connectivity index (χ1n) is 12.0. The van der Waals surface area contributed by atoms with Gasteiger partial charge in [0.15, 0.2) is 11.5 Å². The molecular weight excluding hydrogens is 492 g/mol. The van der Waals surface area contributed by atoms with Gasteiger partial charge in [0, 0.05) is 18.4 Å². The number of rotatable bonds is 7. The highest BCUT2D eigenvalue weighted by Gasteiger charge is 2.47. The van der Waals surface area contributed by atoms with Crippen molar-refractivity contribution in [1.82, 2.24) is 29.5 Å². The maximum atomic E-state index is 13.7. The largest absolute Gasteiger partial charge is 0.481 e. The van der Waals surface area contributed by atoms with Gasteiger partial charge < -0.3 is 20.0 Å². The van der Waals surface area contributed by atoms with E-state index in [0.717, 1.165) is 25.7 Å². The van der Waals surface area contributed by atoms with E-state index in [9.17, 15) is 18.7 Å². The molecule has 2 bridgehead atoms. The number of carboxylic acids is 1. The number of aliphatic carboxylic acids is 1. The number of hydrogen-bond donors (Lipinski definition) is 3. The maximum Gasteiger partial charge on any atom is 0.308 e. The quantitative estimate of drug-likeness (QED) is 0.323. The van der Waals surface area contributed by atoms with E-state index in [0.29, 0.717) is 33.6 Å². The zero-order valence-corrected chi connectivity index (χ0v) is 19.9. The Labute approximate surface area is 209 Å². The molecule has 0 saturated heterocycles. The summed E-state index contributed by atoms with van der Waals surface area (Å²) in [5.74, 6) is -0.346. The summed E-state index contributed by atoms with van der Waals surface area (Å²) in [6, 6.07) is 0.370. The van der Waals surface area contributed by atoms with Crippen LogP contribution >= 0.6 is 11.6 Å². The number of carbonyl (C=O) groups is 1. The fourth-order valence-corrected chi connectivity index (χ4v) is 6.09. The summed E-state index contributed by atoms with van der Waals surface area (Å²) in [6.45, 7) is -1.80. The van der Waals surface area contributed by atoms with Gasteiger partial charge in [0.1, 0.15) is 35.5 Å². The Morgan fingerprint density at radius 3 is 2.67 bits per heavy atom. The van der Waals surface area contributed by atoms with Gasteiger partial charge in [-0.3, -0.25) is 4.79 Å². The van der Waals surface area contributed by atoms with Crippen LogP contribution in [0.25, 0.3) is 33.6 Å². The molecule has 3 aliphatic carbocycles. The van der Waals surface area contributed by atoms with Crippen LogP contribution in [0, 0.1) is 17.8 Å². The van der Waals surface area contributed by atoms with Crippen LogP contribution in [0.5, 0.6) is 0 Å². The number of hydrogen-bond acceptors (Lipinski definition) is 6. The molecule has 0 aromatic carbocycles. The highest BCUT2D eigenvalue weighted by molar-refractivity contribution is 6.29. The van der Waals surface area contributed by atoms with E-state index >= 15 is 0 Å². The highest BCUT2D eigenvalue weighted by Crippen LogP contribution is 2.47. The van der Waals surface area contributed by atoms with Crippen molar-refractivity contribution < 1.29 is 18.7 Å². The van der Waals surface area contributed by atoms with Gasteiger partial charge >= 0.3 is 5.97 Å². The Morgan fingerprint density at radius 2 is 1.94 bits per heavy atom. The second-order valence-corrected chi connectivity index (χ2v) is 10.0. The van der Waals surface area contributed by atoms with E-state index in [1.54, 1.807) is 18.5 Å². The van der Waals surface area contributed by atoms with Gasteiger partial charge in [-0.1, -0.05) is 11.6 Å². The summed E-state index contributed by atoms with van der Waals surface area (Å²) >= 11 is 6.08. The van der Waals surface area contributed by atoms with Crippen LogP contribution in [0.2, 0.25) is 5.15 Å². The predicted octanol–water partition coefficient (Wildman–Crippen LogP) is 4.80. The Balaban J connectivity index is 1.52. The molecule has 0 radical (unpaired) electrons. The summed E-state index contributed by atoms with van der Waals surface area (Å²) in [5, 5.41) is 14.2. The number of carboxylic acid groups (broad SMARTS) is 1. The molecule has 4 aromatic heterocycles. The normalized spacial score (nSPS) is 23.7. The van der Waals surface area contributed by atoms with Gasteiger partial charge in [-0.2, -0.15) is 0 Å². The molecule has 3 saturated carbocycles. The number of aromatic nitrogens is 6. The molecule has 0 spiro atoms. The van der Waals surface area contributed by atoms with Crippen LogP contribution in [-0.4, -0.2) is 60.0 Å². The van der Waals surface area contributed by atoms with E-state index in [4.69, 9.17) is 16.6 Å². The molecule has 3 fully saturated rings. The highest BCUT2D eigenvalue weighted by atomic mass is 35.5. The van der Waals surface area contributed by atoms with Gasteiger partial charge in [0.25, 0.3) is 0 Å². The van der Waals surface area contributed by atoms with E-state index in [1.807, 2.05) is 0 Å². The Bertz CT molecular complexity index is 1450. The third-order valence-electron chi connectivity index (χ3n) is 7.72. The third-order valence-corrected chi connectivity index (χ3v) is 7.90. The topological polar surface area (TPSA) is 122 Å². The van der Waals surface area contributed by atoms with Crippen molar-refractivity contribution in [2.75, 3.05) is 18.7 Å². The van der Waals surface area contributed by atoms with Crippen LogP contribution in [0.3, 0.4) is 0 Å². The number of halogens is 3. The summed E-state index contributed by atoms with van der Waals surface area (Å²) in [4.78, 5) is 33.3. The molecule has 12 heteroatoms. The first kappa shape index (κ1) is 23.1. The van der Waals surface area contributed by atoms with Crippen molar-refractivity contribution in [3.8, 4) is 11.4 Å². The number of aromatic amines is 1. The number of anilines is 1. The van der Waals surface area contributed by atoms with E-state index in [-0.39, 0.29) is 28.9 Å². The standard InChI is InChI=1S/C24H24ClF2N7O2/c25-16-10-29-22-19(30-16)15(9-28-22)21-32-20(14-5-6-34(23(14)33-21)13(7-26)8-27)31-18-12-3-1-11(2-4-12)17(18)24(35)36/h5-6,9-13,17-18H,1-4,7-8H2,(H,28,29)(H,35,36)(H,31,32,33). The van der Waals surface area contributed by atoms with Gasteiger partial charge in [0.2, 0.25) is 0 Å². The van der Waals surface area contributed by atoms with E-state index < -0.39 is 31.3 Å². The van der Waals surface area contributed by atoms with Crippen molar-refractivity contribution in [2.24, 2.45) is 17.8 Å². The Kier molecular flexibility index (Phi) is 5.74. The van der Waals surface area contributed by atoms with Gasteiger partial charge in [-0.05, 0) is 43.6 Å². The fourth-order valence-electron chi connectivity index (χ4n) is 5.96. The molecule has 3 N–H and O–H groups in total. The van der Waals surface area contributed by atoms with Crippen LogP contribution in [0.15, 0.2) is 24.7 Å². The zero-order chi connectivity index (χ0) is 25.0. The first-order valence-corrected chi connectivity index (χ1v) is 12.4. The molecule has 2 unspecified atom stereocenters. The zero-order valence-electron chi connectivity index (χ0n) is 19.2. The molecular formula is C24H24ClF2N7O2. The third kappa shape index (κ3) is 3.68. The number of alkyl halides is 2. The lowest BCUT2D eigenvalue weighted by atomic mass is 9.61. The molecule has 0 aliphatic heterocycles. The molecule has 4 aromatic rings. The second-order valence-electron chi connectivity index (χ2n) is 9.62. The number of nitrogens with one attached hydrogen (secondary N) is 2. The Hall–Kier alpha value is -3.34. The lowest BCUT2D eigenvalue weighted by molar-refractivity contribution is -0.148. The smallest absolute Gasteiger partial charge is 0.308 e. The maximum absolute atomic E-state index is 13.7. The second kappa shape index (κ2) is 8.95. The van der Waals surface area contributed by atoms with Crippen molar-refractivity contribution >= 4 is 45.6 Å². The van der Waals surface area contributed by atoms with Crippen molar-refractivity contribution in [2.45, 2.75) is 37.8 Å². The predicted molar refractivity (Wildman–Crippen MR) is 130 cm³/mol. The van der Waals surface area contributed by atoms with Crippen LogP contribution in [-0.2, 0) is 4.79 Å². The van der Waals surface area contributed by atoms with Crippen molar-refractivity contribution in [1.29, 1.82) is 0 Å². The van der Waals surface area contributed by atoms with Crippen LogP contribution < -0.4 is 5.32 Å². The summed E-state index contributed by atoms with van der Waals surface area (Å²) in [7, 11) is 0. The number of H-pyrrole nitrogens is 1. The van der Waals surface area contributed by atoms with Gasteiger partial charge in [0.05, 0.1) is 29.1 Å². The lowest BCUT2D eigenvalue weighted by Gasteiger charge is -2.47. The number of nitrogens with zero attached hydrogens (tertiary/aromatic N) is 5. The fraction of sp³-hybridized carbons (Fsp3) is 0.458. The SMILES string of the molecule is O=C(O)C1C2CCC(CC2)C1Nc1nc(-c2c[nH]c3ncc(Cl)nc23)nc2c1ccn2C(CF)CF. The van der Waals surface area contributed by atoms with Gasteiger partial charge in [-0.25, -0.2) is 28.7 Å². The van der Waals surface area contributed by atoms with Crippen LogP contribution in [0.1, 0.15) is 31.7 Å². The minimum atomic E-state index is -1.03. The minimum absolute atomic E-state index is 0.111. The molecule has 36 heavy (non-hydrogen) atoms. The Morgan fingerprint density at radius 1 is 1.19 bits per heavy atom.